The highest BCUT2D eigenvalue weighted by atomic mass is 16.1. The first-order valence-electron chi connectivity index (χ1n) is 6.84. The van der Waals surface area contributed by atoms with Gasteiger partial charge < -0.3 is 0 Å². The fourth-order valence-electron chi connectivity index (χ4n) is 2.93. The molecule has 0 aliphatic heterocycles. The first-order chi connectivity index (χ1) is 11.2. The van der Waals surface area contributed by atoms with E-state index in [0.29, 0.717) is 47.0 Å². The second kappa shape index (κ2) is 5.53. The molecular formula is C18H10O5. The summed E-state index contributed by atoms with van der Waals surface area (Å²) in [4.78, 5) is 57.6. The molecule has 0 amide bonds. The van der Waals surface area contributed by atoms with E-state index in [-0.39, 0.29) is 34.5 Å². The van der Waals surface area contributed by atoms with Gasteiger partial charge in [0.05, 0.1) is 0 Å². The number of allylic oxidation sites excluding steroid dienone is 1. The van der Waals surface area contributed by atoms with Crippen LogP contribution in [0.5, 0.6) is 0 Å². The molecule has 1 aliphatic carbocycles. The molecule has 23 heavy (non-hydrogen) atoms. The molecule has 112 valence electrons. The Hall–Kier alpha value is -3.21. The SMILES string of the molecule is O=Cc1c(C=O)c(C=O)c2cc3c(cc2c1C=O)C=CCC3=O. The maximum absolute atomic E-state index is 12.0. The molecule has 1 aliphatic rings. The zero-order valence-electron chi connectivity index (χ0n) is 11.9. The van der Waals surface area contributed by atoms with E-state index in [4.69, 9.17) is 0 Å². The summed E-state index contributed by atoms with van der Waals surface area (Å²) in [5.74, 6) is -0.110. The highest BCUT2D eigenvalue weighted by Gasteiger charge is 2.22. The lowest BCUT2D eigenvalue weighted by Gasteiger charge is -2.15. The number of hydrogen-bond acceptors (Lipinski definition) is 5. The lowest BCUT2D eigenvalue weighted by atomic mass is 9.86. The summed E-state index contributed by atoms with van der Waals surface area (Å²) >= 11 is 0. The van der Waals surface area contributed by atoms with E-state index in [0.717, 1.165) is 0 Å². The summed E-state index contributed by atoms with van der Waals surface area (Å²) in [6.07, 6.45) is 5.42. The average Bonchev–Trinajstić information content (AvgIpc) is 2.58. The predicted octanol–water partition coefficient (Wildman–Crippen LogP) is 2.69. The summed E-state index contributed by atoms with van der Waals surface area (Å²) in [5, 5.41) is 0.685. The van der Waals surface area contributed by atoms with Crippen molar-refractivity contribution in [2.24, 2.45) is 0 Å². The zero-order chi connectivity index (χ0) is 16.6. The van der Waals surface area contributed by atoms with Crippen molar-refractivity contribution < 1.29 is 24.0 Å². The molecule has 0 spiro atoms. The topological polar surface area (TPSA) is 85.3 Å². The van der Waals surface area contributed by atoms with Gasteiger partial charge in [-0.1, -0.05) is 12.2 Å². The van der Waals surface area contributed by atoms with E-state index in [1.54, 1.807) is 18.2 Å². The molecule has 0 saturated heterocycles. The first kappa shape index (κ1) is 14.7. The Labute approximate surface area is 130 Å². The van der Waals surface area contributed by atoms with Gasteiger partial charge in [0, 0.05) is 34.2 Å². The molecule has 0 heterocycles. The predicted molar refractivity (Wildman–Crippen MR) is 83.5 cm³/mol. The van der Waals surface area contributed by atoms with Crippen LogP contribution in [-0.4, -0.2) is 30.9 Å². The molecule has 2 aromatic carbocycles. The number of fused-ring (bicyclic) bond motifs is 2. The molecule has 5 heteroatoms. The smallest absolute Gasteiger partial charge is 0.167 e. The van der Waals surface area contributed by atoms with Crippen LogP contribution in [0, 0.1) is 0 Å². The average molecular weight is 306 g/mol. The second-order valence-electron chi connectivity index (χ2n) is 5.14. The minimum absolute atomic E-state index is 0.00727. The Balaban J connectivity index is 2.58. The van der Waals surface area contributed by atoms with Gasteiger partial charge >= 0.3 is 0 Å². The normalized spacial score (nSPS) is 12.8. The largest absolute Gasteiger partial charge is 0.298 e. The molecule has 0 saturated carbocycles. The fraction of sp³-hybridized carbons (Fsp3) is 0.0556. The Morgan fingerprint density at radius 1 is 0.739 bits per heavy atom. The maximum atomic E-state index is 12.0. The number of ketones is 1. The lowest BCUT2D eigenvalue weighted by molar-refractivity contribution is 0.0993. The standard InChI is InChI=1S/C18H10O5/c19-6-14-12-4-10-2-1-3-18(23)11(10)5-13(12)15(7-20)17(9-22)16(14)8-21/h1-2,4-9H,3H2. The molecule has 5 nitrogen and oxygen atoms in total. The minimum Gasteiger partial charge on any atom is -0.298 e. The van der Waals surface area contributed by atoms with Crippen molar-refractivity contribution in [1.82, 2.24) is 0 Å². The molecule has 0 radical (unpaired) electrons. The van der Waals surface area contributed by atoms with Gasteiger partial charge in [-0.15, -0.1) is 0 Å². The van der Waals surface area contributed by atoms with E-state index >= 15 is 0 Å². The summed E-state index contributed by atoms with van der Waals surface area (Å²) in [6, 6.07) is 3.10. The van der Waals surface area contributed by atoms with Crippen LogP contribution in [0.2, 0.25) is 0 Å². The molecule has 0 bridgehead atoms. The van der Waals surface area contributed by atoms with Crippen molar-refractivity contribution >= 4 is 47.8 Å². The van der Waals surface area contributed by atoms with E-state index in [1.165, 1.54) is 6.07 Å². The van der Waals surface area contributed by atoms with Gasteiger partial charge in [0.2, 0.25) is 0 Å². The first-order valence-corrected chi connectivity index (χ1v) is 6.84. The summed E-state index contributed by atoms with van der Waals surface area (Å²) in [5.41, 5.74) is 0.837. The number of carbonyl (C=O) groups excluding carboxylic acids is 5. The van der Waals surface area contributed by atoms with Crippen LogP contribution in [0.1, 0.15) is 63.8 Å². The third-order valence-corrected chi connectivity index (χ3v) is 4.01. The highest BCUT2D eigenvalue weighted by molar-refractivity contribution is 6.18. The Morgan fingerprint density at radius 3 is 1.78 bits per heavy atom. The van der Waals surface area contributed by atoms with Crippen LogP contribution in [0.25, 0.3) is 16.8 Å². The van der Waals surface area contributed by atoms with Crippen LogP contribution < -0.4 is 0 Å². The van der Waals surface area contributed by atoms with Crippen molar-refractivity contribution in [3.63, 3.8) is 0 Å². The van der Waals surface area contributed by atoms with Crippen LogP contribution in [-0.2, 0) is 0 Å². The third-order valence-electron chi connectivity index (χ3n) is 4.01. The number of aldehydes is 4. The van der Waals surface area contributed by atoms with Crippen molar-refractivity contribution in [3.05, 3.63) is 51.6 Å². The monoisotopic (exact) mass is 306 g/mol. The van der Waals surface area contributed by atoms with Gasteiger partial charge in [-0.05, 0) is 28.5 Å². The van der Waals surface area contributed by atoms with Crippen LogP contribution in [0.15, 0.2) is 18.2 Å². The maximum Gasteiger partial charge on any atom is 0.167 e. The number of hydrogen-bond donors (Lipinski definition) is 0. The molecular weight excluding hydrogens is 296 g/mol. The van der Waals surface area contributed by atoms with Gasteiger partial charge in [0.25, 0.3) is 0 Å². The van der Waals surface area contributed by atoms with Crippen LogP contribution in [0.3, 0.4) is 0 Å². The Morgan fingerprint density at radius 2 is 1.26 bits per heavy atom. The Kier molecular flexibility index (Phi) is 3.54. The summed E-state index contributed by atoms with van der Waals surface area (Å²) in [6.45, 7) is 0. The zero-order valence-corrected chi connectivity index (χ0v) is 11.9. The van der Waals surface area contributed by atoms with Gasteiger partial charge in [-0.3, -0.25) is 24.0 Å². The Bertz CT molecular complexity index is 935. The molecule has 0 atom stereocenters. The third kappa shape index (κ3) is 2.05. The van der Waals surface area contributed by atoms with Crippen LogP contribution >= 0.6 is 0 Å². The molecule has 0 aromatic heterocycles. The van der Waals surface area contributed by atoms with Crippen molar-refractivity contribution in [3.8, 4) is 0 Å². The fourth-order valence-corrected chi connectivity index (χ4v) is 2.93. The van der Waals surface area contributed by atoms with Crippen molar-refractivity contribution in [1.29, 1.82) is 0 Å². The van der Waals surface area contributed by atoms with Gasteiger partial charge in [-0.2, -0.15) is 0 Å². The summed E-state index contributed by atoms with van der Waals surface area (Å²) < 4.78 is 0. The molecule has 0 unspecified atom stereocenters. The number of Topliss-reactive ketones (excluding diaryl/α,β-unsaturated/α-hetero) is 1. The highest BCUT2D eigenvalue weighted by Crippen LogP contribution is 2.32. The second-order valence-corrected chi connectivity index (χ2v) is 5.14. The number of rotatable bonds is 4. The number of carbonyl (C=O) groups is 5. The van der Waals surface area contributed by atoms with E-state index in [2.05, 4.69) is 0 Å². The molecule has 0 fully saturated rings. The van der Waals surface area contributed by atoms with Gasteiger partial charge in [0.1, 0.15) is 0 Å². The van der Waals surface area contributed by atoms with Gasteiger partial charge in [0.15, 0.2) is 30.9 Å². The van der Waals surface area contributed by atoms with Gasteiger partial charge in [-0.25, -0.2) is 0 Å². The lowest BCUT2D eigenvalue weighted by Crippen LogP contribution is -2.08. The molecule has 0 N–H and O–H groups in total. The van der Waals surface area contributed by atoms with E-state index in [9.17, 15) is 24.0 Å². The van der Waals surface area contributed by atoms with E-state index in [1.807, 2.05) is 0 Å². The quantitative estimate of drug-likeness (QED) is 0.811. The van der Waals surface area contributed by atoms with E-state index < -0.39 is 0 Å². The van der Waals surface area contributed by atoms with Crippen molar-refractivity contribution in [2.75, 3.05) is 0 Å². The van der Waals surface area contributed by atoms with Crippen LogP contribution in [0.4, 0.5) is 0 Å². The van der Waals surface area contributed by atoms with Crippen molar-refractivity contribution in [2.45, 2.75) is 6.42 Å². The summed E-state index contributed by atoms with van der Waals surface area (Å²) in [7, 11) is 0. The molecule has 2 aromatic rings. The molecule has 3 rings (SSSR count). The number of benzene rings is 2. The minimum atomic E-state index is -0.136.